The van der Waals surface area contributed by atoms with Crippen molar-refractivity contribution in [3.05, 3.63) is 46.0 Å². The van der Waals surface area contributed by atoms with Crippen molar-refractivity contribution in [1.82, 2.24) is 15.0 Å². The molecule has 0 amide bonds. The Bertz CT molecular complexity index is 670. The first kappa shape index (κ1) is 15.4. The predicted octanol–water partition coefficient (Wildman–Crippen LogP) is 3.02. The van der Waals surface area contributed by atoms with Crippen molar-refractivity contribution in [2.24, 2.45) is 5.92 Å². The maximum Gasteiger partial charge on any atom is 0.358 e. The minimum absolute atomic E-state index is 0.0915. The van der Waals surface area contributed by atoms with E-state index in [1.54, 1.807) is 0 Å². The number of carboxylic acids is 1. The van der Waals surface area contributed by atoms with Gasteiger partial charge in [-0.2, -0.15) is 0 Å². The highest BCUT2D eigenvalue weighted by molar-refractivity contribution is 6.30. The topological polar surface area (TPSA) is 68.0 Å². The normalized spacial score (nSPS) is 11.1. The second kappa shape index (κ2) is 6.22. The molecule has 0 aliphatic rings. The Morgan fingerprint density at radius 2 is 2.19 bits per heavy atom. The van der Waals surface area contributed by atoms with Crippen molar-refractivity contribution >= 4 is 17.6 Å². The Kier molecular flexibility index (Phi) is 4.57. The summed E-state index contributed by atoms with van der Waals surface area (Å²) in [6, 6.07) is 4.23. The molecule has 0 atom stereocenters. The first-order chi connectivity index (χ1) is 9.88. The fraction of sp³-hybridized carbons (Fsp3) is 0.357. The molecule has 21 heavy (non-hydrogen) atoms. The number of carboxylic acid groups (broad SMARTS) is 1. The Labute approximate surface area is 126 Å². The maximum atomic E-state index is 13.8. The number of benzene rings is 1. The minimum atomic E-state index is -1.14. The van der Waals surface area contributed by atoms with Crippen LogP contribution in [-0.2, 0) is 13.0 Å². The van der Waals surface area contributed by atoms with E-state index in [9.17, 15) is 9.18 Å². The summed E-state index contributed by atoms with van der Waals surface area (Å²) in [4.78, 5) is 11.2. The summed E-state index contributed by atoms with van der Waals surface area (Å²) in [5.74, 6) is -1.32. The Hall–Kier alpha value is -1.95. The summed E-state index contributed by atoms with van der Waals surface area (Å²) < 4.78 is 15.2. The van der Waals surface area contributed by atoms with Crippen LogP contribution in [0.15, 0.2) is 18.2 Å². The summed E-state index contributed by atoms with van der Waals surface area (Å²) in [6.07, 6.45) is 0.497. The zero-order valence-corrected chi connectivity index (χ0v) is 12.4. The first-order valence-electron chi connectivity index (χ1n) is 6.48. The molecule has 0 spiro atoms. The smallest absolute Gasteiger partial charge is 0.358 e. The third-order valence-electron chi connectivity index (χ3n) is 2.97. The van der Waals surface area contributed by atoms with Crippen LogP contribution in [0, 0.1) is 11.7 Å². The average Bonchev–Trinajstić information content (AvgIpc) is 2.76. The lowest BCUT2D eigenvalue weighted by Crippen LogP contribution is -2.12. The molecular formula is C14H15ClFN3O2. The van der Waals surface area contributed by atoms with Crippen molar-refractivity contribution < 1.29 is 14.3 Å². The second-order valence-corrected chi connectivity index (χ2v) is 5.62. The molecule has 2 aromatic rings. The third kappa shape index (κ3) is 3.58. The van der Waals surface area contributed by atoms with Crippen LogP contribution < -0.4 is 0 Å². The van der Waals surface area contributed by atoms with Gasteiger partial charge in [0.05, 0.1) is 12.2 Å². The zero-order chi connectivity index (χ0) is 15.6. The van der Waals surface area contributed by atoms with Gasteiger partial charge in [0.2, 0.25) is 0 Å². The van der Waals surface area contributed by atoms with Gasteiger partial charge in [-0.15, -0.1) is 5.10 Å². The molecule has 0 fully saturated rings. The van der Waals surface area contributed by atoms with Gasteiger partial charge in [-0.1, -0.05) is 30.7 Å². The summed E-state index contributed by atoms with van der Waals surface area (Å²) in [5.41, 5.74) is 0.734. The molecule has 0 aliphatic heterocycles. The average molecular weight is 312 g/mol. The molecule has 0 radical (unpaired) electrons. The summed E-state index contributed by atoms with van der Waals surface area (Å²) in [6.45, 7) is 4.01. The molecule has 1 N–H and O–H groups in total. The lowest BCUT2D eigenvalue weighted by atomic mass is 10.1. The van der Waals surface area contributed by atoms with Crippen LogP contribution in [0.1, 0.15) is 35.6 Å². The molecule has 7 heteroatoms. The molecule has 112 valence electrons. The van der Waals surface area contributed by atoms with E-state index in [0.29, 0.717) is 22.7 Å². The highest BCUT2D eigenvalue weighted by atomic mass is 35.5. The molecule has 5 nitrogen and oxygen atoms in total. The number of rotatable bonds is 5. The van der Waals surface area contributed by atoms with E-state index in [1.807, 2.05) is 13.8 Å². The number of hydrogen-bond acceptors (Lipinski definition) is 3. The molecule has 0 bridgehead atoms. The predicted molar refractivity (Wildman–Crippen MR) is 76.0 cm³/mol. The summed E-state index contributed by atoms with van der Waals surface area (Å²) in [7, 11) is 0. The molecule has 1 aromatic heterocycles. The van der Waals surface area contributed by atoms with E-state index < -0.39 is 11.8 Å². The van der Waals surface area contributed by atoms with Gasteiger partial charge in [0.25, 0.3) is 0 Å². The third-order valence-corrected chi connectivity index (χ3v) is 3.20. The number of hydrogen-bond donors (Lipinski definition) is 1. The van der Waals surface area contributed by atoms with Gasteiger partial charge in [0.15, 0.2) is 5.69 Å². The van der Waals surface area contributed by atoms with Gasteiger partial charge in [0.1, 0.15) is 5.82 Å². The lowest BCUT2D eigenvalue weighted by Gasteiger charge is -2.10. The van der Waals surface area contributed by atoms with E-state index in [-0.39, 0.29) is 18.2 Å². The first-order valence-corrected chi connectivity index (χ1v) is 6.86. The number of carbonyl (C=O) groups is 1. The van der Waals surface area contributed by atoms with Gasteiger partial charge < -0.3 is 5.11 Å². The number of aromatic carboxylic acids is 1. The quantitative estimate of drug-likeness (QED) is 0.921. The van der Waals surface area contributed by atoms with Crippen LogP contribution in [0.2, 0.25) is 5.02 Å². The van der Waals surface area contributed by atoms with Crippen molar-refractivity contribution in [2.45, 2.75) is 26.8 Å². The molecule has 1 heterocycles. The van der Waals surface area contributed by atoms with Gasteiger partial charge in [0, 0.05) is 10.6 Å². The molecule has 2 rings (SSSR count). The highest BCUT2D eigenvalue weighted by Gasteiger charge is 2.20. The maximum absolute atomic E-state index is 13.8. The van der Waals surface area contributed by atoms with Crippen LogP contribution in [0.25, 0.3) is 0 Å². The van der Waals surface area contributed by atoms with Gasteiger partial charge >= 0.3 is 5.97 Å². The van der Waals surface area contributed by atoms with E-state index >= 15 is 0 Å². The van der Waals surface area contributed by atoms with Gasteiger partial charge in [-0.25, -0.2) is 13.9 Å². The van der Waals surface area contributed by atoms with Crippen molar-refractivity contribution in [2.75, 3.05) is 0 Å². The van der Waals surface area contributed by atoms with Crippen molar-refractivity contribution in [3.63, 3.8) is 0 Å². The van der Waals surface area contributed by atoms with Gasteiger partial charge in [-0.05, 0) is 30.5 Å². The number of aromatic nitrogens is 3. The van der Waals surface area contributed by atoms with Crippen LogP contribution in [-0.4, -0.2) is 26.1 Å². The fourth-order valence-corrected chi connectivity index (χ4v) is 2.24. The Morgan fingerprint density at radius 1 is 1.48 bits per heavy atom. The highest BCUT2D eigenvalue weighted by Crippen LogP contribution is 2.18. The van der Waals surface area contributed by atoms with E-state index in [2.05, 4.69) is 10.3 Å². The fourth-order valence-electron chi connectivity index (χ4n) is 2.04. The zero-order valence-electron chi connectivity index (χ0n) is 11.7. The van der Waals surface area contributed by atoms with E-state index in [4.69, 9.17) is 16.7 Å². The van der Waals surface area contributed by atoms with E-state index in [0.717, 1.165) is 0 Å². The van der Waals surface area contributed by atoms with E-state index in [1.165, 1.54) is 22.9 Å². The largest absolute Gasteiger partial charge is 0.476 e. The molecule has 1 aromatic carbocycles. The van der Waals surface area contributed by atoms with Crippen LogP contribution >= 0.6 is 11.6 Å². The van der Waals surface area contributed by atoms with Gasteiger partial charge in [-0.3, -0.25) is 0 Å². The second-order valence-electron chi connectivity index (χ2n) is 5.18. The minimum Gasteiger partial charge on any atom is -0.476 e. The Balaban J connectivity index is 2.39. The SMILES string of the molecule is CC(C)Cc1c(C(=O)O)nnn1Cc1cc(Cl)ccc1F. The summed E-state index contributed by atoms with van der Waals surface area (Å²) in [5, 5.41) is 17.1. The Morgan fingerprint density at radius 3 is 2.81 bits per heavy atom. The number of halogens is 2. The van der Waals surface area contributed by atoms with Crippen LogP contribution in [0.3, 0.4) is 0 Å². The monoisotopic (exact) mass is 311 g/mol. The molecular weight excluding hydrogens is 297 g/mol. The molecule has 0 saturated carbocycles. The standard InChI is InChI=1S/C14H15ClFN3O2/c1-8(2)5-12-13(14(20)21)17-18-19(12)7-9-6-10(15)3-4-11(9)16/h3-4,6,8H,5,7H2,1-2H3,(H,20,21). The van der Waals surface area contributed by atoms with Crippen LogP contribution in [0.4, 0.5) is 4.39 Å². The molecule has 0 saturated heterocycles. The molecule has 0 unspecified atom stereocenters. The lowest BCUT2D eigenvalue weighted by molar-refractivity contribution is 0.0689. The number of nitrogens with zero attached hydrogens (tertiary/aromatic N) is 3. The van der Waals surface area contributed by atoms with Crippen molar-refractivity contribution in [3.8, 4) is 0 Å². The van der Waals surface area contributed by atoms with Crippen molar-refractivity contribution in [1.29, 1.82) is 0 Å². The van der Waals surface area contributed by atoms with Crippen LogP contribution in [0.5, 0.6) is 0 Å². The summed E-state index contributed by atoms with van der Waals surface area (Å²) >= 11 is 5.86. The molecule has 0 aliphatic carbocycles.